The van der Waals surface area contributed by atoms with Crippen molar-refractivity contribution in [3.63, 3.8) is 0 Å². The van der Waals surface area contributed by atoms with E-state index in [0.29, 0.717) is 42.3 Å². The zero-order valence-corrected chi connectivity index (χ0v) is 17.7. The second-order valence-corrected chi connectivity index (χ2v) is 7.98. The van der Waals surface area contributed by atoms with E-state index in [2.05, 4.69) is 5.32 Å². The van der Waals surface area contributed by atoms with E-state index in [1.165, 1.54) is 0 Å². The van der Waals surface area contributed by atoms with E-state index >= 15 is 0 Å². The van der Waals surface area contributed by atoms with Gasteiger partial charge in [0, 0.05) is 12.0 Å². The van der Waals surface area contributed by atoms with Gasteiger partial charge in [-0.2, -0.15) is 0 Å². The summed E-state index contributed by atoms with van der Waals surface area (Å²) in [5.74, 6) is 0.837. The van der Waals surface area contributed by atoms with Crippen molar-refractivity contribution in [2.75, 3.05) is 13.2 Å². The molecule has 6 nitrogen and oxygen atoms in total. The van der Waals surface area contributed by atoms with Gasteiger partial charge in [-0.05, 0) is 53.9 Å². The molecule has 0 radical (unpaired) electrons. The highest BCUT2D eigenvalue weighted by atomic mass is 16.6. The number of ether oxygens (including phenoxy) is 3. The number of nitrogens with one attached hydrogen (secondary N) is 1. The summed E-state index contributed by atoms with van der Waals surface area (Å²) in [5.41, 5.74) is 3.69. The molecule has 0 saturated heterocycles. The first-order valence-electron chi connectivity index (χ1n) is 10.7. The fourth-order valence-corrected chi connectivity index (χ4v) is 4.08. The van der Waals surface area contributed by atoms with Crippen molar-refractivity contribution in [2.45, 2.75) is 25.5 Å². The van der Waals surface area contributed by atoms with Crippen LogP contribution in [0.4, 0.5) is 0 Å². The van der Waals surface area contributed by atoms with Gasteiger partial charge in [-0.25, -0.2) is 4.79 Å². The summed E-state index contributed by atoms with van der Waals surface area (Å²) >= 11 is 0. The minimum absolute atomic E-state index is 0.203. The Balaban J connectivity index is 1.33. The molecule has 2 heterocycles. The molecule has 0 spiro atoms. The standard InChI is InChI=1S/C26H23NO5/c1-16(18-8-10-22-24(14-18)31-12-11-30-22)27-25(28)19-7-9-21-20(13-19)15-23(32-26(21)29)17-5-3-2-4-6-17/h2-10,13-14,16,23H,11-12,15H2,1H3,(H,27,28). The number of carbonyl (C=O) groups is 2. The largest absolute Gasteiger partial charge is 0.486 e. The first-order chi connectivity index (χ1) is 15.6. The van der Waals surface area contributed by atoms with E-state index in [0.717, 1.165) is 16.7 Å². The topological polar surface area (TPSA) is 73.9 Å². The monoisotopic (exact) mass is 429 g/mol. The molecule has 2 atom stereocenters. The van der Waals surface area contributed by atoms with Crippen molar-refractivity contribution in [2.24, 2.45) is 0 Å². The van der Waals surface area contributed by atoms with E-state index in [-0.39, 0.29) is 24.0 Å². The van der Waals surface area contributed by atoms with Crippen molar-refractivity contribution >= 4 is 11.9 Å². The molecular weight excluding hydrogens is 406 g/mol. The van der Waals surface area contributed by atoms with E-state index in [1.807, 2.05) is 55.5 Å². The highest BCUT2D eigenvalue weighted by Gasteiger charge is 2.28. The van der Waals surface area contributed by atoms with Gasteiger partial charge in [0.05, 0.1) is 11.6 Å². The lowest BCUT2D eigenvalue weighted by Gasteiger charge is -2.25. The number of benzene rings is 3. The maximum absolute atomic E-state index is 13.0. The molecule has 6 heteroatoms. The predicted octanol–water partition coefficient (Wildman–Crippen LogP) is 4.40. The number of cyclic esters (lactones) is 1. The molecule has 0 aliphatic carbocycles. The van der Waals surface area contributed by atoms with Gasteiger partial charge in [0.2, 0.25) is 0 Å². The van der Waals surface area contributed by atoms with Crippen LogP contribution in [-0.2, 0) is 11.2 Å². The van der Waals surface area contributed by atoms with E-state index in [9.17, 15) is 9.59 Å². The van der Waals surface area contributed by atoms with E-state index < -0.39 is 0 Å². The van der Waals surface area contributed by atoms with Crippen LogP contribution in [0, 0.1) is 0 Å². The molecule has 1 N–H and O–H groups in total. The average Bonchev–Trinajstić information content (AvgIpc) is 2.83. The molecule has 3 aromatic rings. The molecule has 2 unspecified atom stereocenters. The number of carbonyl (C=O) groups excluding carboxylic acids is 2. The zero-order chi connectivity index (χ0) is 22.1. The van der Waals surface area contributed by atoms with Crippen LogP contribution in [0.15, 0.2) is 66.7 Å². The summed E-state index contributed by atoms with van der Waals surface area (Å²) < 4.78 is 16.8. The fourth-order valence-electron chi connectivity index (χ4n) is 4.08. The Morgan fingerprint density at radius 3 is 2.56 bits per heavy atom. The summed E-state index contributed by atoms with van der Waals surface area (Å²) in [5, 5.41) is 3.03. The number of rotatable bonds is 4. The highest BCUT2D eigenvalue weighted by molar-refractivity contribution is 5.98. The molecule has 0 fully saturated rings. The number of hydrogen-bond acceptors (Lipinski definition) is 5. The van der Waals surface area contributed by atoms with Crippen LogP contribution in [0.25, 0.3) is 0 Å². The minimum Gasteiger partial charge on any atom is -0.486 e. The van der Waals surface area contributed by atoms with Crippen LogP contribution in [-0.4, -0.2) is 25.1 Å². The van der Waals surface area contributed by atoms with Gasteiger partial charge in [0.25, 0.3) is 5.91 Å². The molecule has 0 aromatic heterocycles. The first kappa shape index (κ1) is 20.1. The van der Waals surface area contributed by atoms with Crippen molar-refractivity contribution in [1.82, 2.24) is 5.32 Å². The summed E-state index contributed by atoms with van der Waals surface area (Å²) in [6.07, 6.45) is 0.176. The minimum atomic E-state index is -0.364. The molecule has 162 valence electrons. The van der Waals surface area contributed by atoms with Crippen molar-refractivity contribution in [1.29, 1.82) is 0 Å². The normalized spacial score (nSPS) is 17.7. The van der Waals surface area contributed by atoms with Crippen molar-refractivity contribution in [3.8, 4) is 11.5 Å². The van der Waals surface area contributed by atoms with E-state index in [1.54, 1.807) is 18.2 Å². The van der Waals surface area contributed by atoms with Gasteiger partial charge in [0.1, 0.15) is 19.3 Å². The SMILES string of the molecule is CC(NC(=O)c1ccc2c(c1)CC(c1ccccc1)OC2=O)c1ccc2c(c1)OCCO2. The Bertz CT molecular complexity index is 1170. The van der Waals surface area contributed by atoms with Crippen molar-refractivity contribution in [3.05, 3.63) is 94.5 Å². The molecule has 1 amide bonds. The Hall–Kier alpha value is -3.80. The summed E-state index contributed by atoms with van der Waals surface area (Å²) in [6.45, 7) is 2.97. The maximum Gasteiger partial charge on any atom is 0.339 e. The van der Waals surface area contributed by atoms with Gasteiger partial charge in [-0.1, -0.05) is 36.4 Å². The van der Waals surface area contributed by atoms with Crippen LogP contribution in [0.2, 0.25) is 0 Å². The number of hydrogen-bond donors (Lipinski definition) is 1. The molecule has 32 heavy (non-hydrogen) atoms. The summed E-state index contributed by atoms with van der Waals surface area (Å²) in [6, 6.07) is 20.2. The fraction of sp³-hybridized carbons (Fsp3) is 0.231. The highest BCUT2D eigenvalue weighted by Crippen LogP contribution is 2.33. The zero-order valence-electron chi connectivity index (χ0n) is 17.7. The number of amides is 1. The average molecular weight is 429 g/mol. The number of esters is 1. The molecule has 0 saturated carbocycles. The number of fused-ring (bicyclic) bond motifs is 2. The van der Waals surface area contributed by atoms with Crippen LogP contribution >= 0.6 is 0 Å². The van der Waals surface area contributed by atoms with Crippen LogP contribution < -0.4 is 14.8 Å². The quantitative estimate of drug-likeness (QED) is 0.622. The lowest BCUT2D eigenvalue weighted by molar-refractivity contribution is 0.0252. The summed E-state index contributed by atoms with van der Waals surface area (Å²) in [4.78, 5) is 25.4. The third-order valence-electron chi connectivity index (χ3n) is 5.83. The van der Waals surface area contributed by atoms with Gasteiger partial charge < -0.3 is 19.5 Å². The third-order valence-corrected chi connectivity index (χ3v) is 5.83. The van der Waals surface area contributed by atoms with Gasteiger partial charge in [-0.3, -0.25) is 4.79 Å². The molecule has 0 bridgehead atoms. The molecule has 5 rings (SSSR count). The third kappa shape index (κ3) is 3.91. The Morgan fingerprint density at radius 1 is 0.969 bits per heavy atom. The van der Waals surface area contributed by atoms with Gasteiger partial charge in [0.15, 0.2) is 11.5 Å². The lowest BCUT2D eigenvalue weighted by atomic mass is 9.93. The Kier molecular flexibility index (Phi) is 5.27. The van der Waals surface area contributed by atoms with Gasteiger partial charge in [-0.15, -0.1) is 0 Å². The Morgan fingerprint density at radius 2 is 1.75 bits per heavy atom. The smallest absolute Gasteiger partial charge is 0.339 e. The first-order valence-corrected chi connectivity index (χ1v) is 10.7. The second-order valence-electron chi connectivity index (χ2n) is 7.98. The molecular formula is C26H23NO5. The second kappa shape index (κ2) is 8.38. The lowest BCUT2D eigenvalue weighted by Crippen LogP contribution is -2.28. The molecule has 2 aliphatic rings. The van der Waals surface area contributed by atoms with Crippen LogP contribution in [0.1, 0.15) is 56.5 Å². The predicted molar refractivity (Wildman–Crippen MR) is 118 cm³/mol. The Labute approximate surface area is 186 Å². The van der Waals surface area contributed by atoms with Gasteiger partial charge >= 0.3 is 5.97 Å². The molecule has 2 aliphatic heterocycles. The van der Waals surface area contributed by atoms with Crippen molar-refractivity contribution < 1.29 is 23.8 Å². The van der Waals surface area contributed by atoms with E-state index in [4.69, 9.17) is 14.2 Å². The summed E-state index contributed by atoms with van der Waals surface area (Å²) in [7, 11) is 0. The van der Waals surface area contributed by atoms with Crippen LogP contribution in [0.3, 0.4) is 0 Å². The maximum atomic E-state index is 13.0. The van der Waals surface area contributed by atoms with Crippen LogP contribution in [0.5, 0.6) is 11.5 Å². The molecule has 3 aromatic carbocycles.